The smallest absolute Gasteiger partial charge is 0.264 e. The molecular weight excluding hydrogens is 436 g/mol. The number of hydrogen-bond donors (Lipinski definition) is 3. The minimum Gasteiger partial charge on any atom is -0.380 e. The van der Waals surface area contributed by atoms with Crippen LogP contribution in [0.4, 0.5) is 5.69 Å². The summed E-state index contributed by atoms with van der Waals surface area (Å²) in [4.78, 5) is 51.0. The van der Waals surface area contributed by atoms with Gasteiger partial charge in [-0.15, -0.1) is 0 Å². The van der Waals surface area contributed by atoms with Gasteiger partial charge in [0.05, 0.1) is 23.4 Å². The summed E-state index contributed by atoms with van der Waals surface area (Å²) < 4.78 is 2.01. The van der Waals surface area contributed by atoms with Gasteiger partial charge in [-0.3, -0.25) is 34.1 Å². The largest absolute Gasteiger partial charge is 0.380 e. The average Bonchev–Trinajstić information content (AvgIpc) is 3.36. The molecule has 10 nitrogen and oxygen atoms in total. The number of hydrogen-bond acceptors (Lipinski definition) is 7. The van der Waals surface area contributed by atoms with Crippen molar-refractivity contribution in [1.29, 1.82) is 0 Å². The standard InChI is InChI=1S/C24H28N6O4/c1-24(2)10-15(8-9-26-24)29-13-14(12-27-29)11-25-17-5-3-4-16-20(17)23(34)30(22(16)33)18-6-7-19(31)28-21(18)32/h3-5,12-13,15,18,25-26H,6-11H2,1-2H3,(H,28,31,32). The predicted molar refractivity (Wildman–Crippen MR) is 123 cm³/mol. The van der Waals surface area contributed by atoms with Gasteiger partial charge in [-0.25, -0.2) is 0 Å². The fourth-order valence-electron chi connectivity index (χ4n) is 5.09. The number of nitrogens with zero attached hydrogens (tertiary/aromatic N) is 3. The third-order valence-corrected chi connectivity index (χ3v) is 6.81. The first-order valence-corrected chi connectivity index (χ1v) is 11.6. The Kier molecular flexibility index (Phi) is 5.47. The molecule has 4 heterocycles. The van der Waals surface area contributed by atoms with E-state index in [0.29, 0.717) is 18.3 Å². The third-order valence-electron chi connectivity index (χ3n) is 6.81. The zero-order valence-electron chi connectivity index (χ0n) is 19.3. The van der Waals surface area contributed by atoms with Crippen LogP contribution in [-0.2, 0) is 16.1 Å². The highest BCUT2D eigenvalue weighted by Crippen LogP contribution is 2.33. The van der Waals surface area contributed by atoms with Crippen LogP contribution in [0.1, 0.15) is 71.9 Å². The molecule has 2 atom stereocenters. The number of anilines is 1. The van der Waals surface area contributed by atoms with Crippen molar-refractivity contribution in [2.45, 2.75) is 63.7 Å². The predicted octanol–water partition coefficient (Wildman–Crippen LogP) is 1.60. The highest BCUT2D eigenvalue weighted by Gasteiger charge is 2.45. The van der Waals surface area contributed by atoms with E-state index in [9.17, 15) is 19.2 Å². The second-order valence-electron chi connectivity index (χ2n) is 9.81. The molecule has 178 valence electrons. The molecule has 1 aromatic carbocycles. The number of nitrogens with one attached hydrogen (secondary N) is 3. The molecule has 34 heavy (non-hydrogen) atoms. The minimum absolute atomic E-state index is 0.0686. The fourth-order valence-corrected chi connectivity index (χ4v) is 5.09. The Hall–Kier alpha value is -3.53. The summed E-state index contributed by atoms with van der Waals surface area (Å²) in [6.45, 7) is 5.76. The maximum Gasteiger partial charge on any atom is 0.264 e. The Morgan fingerprint density at radius 2 is 1.97 bits per heavy atom. The van der Waals surface area contributed by atoms with Gasteiger partial charge in [-0.05, 0) is 51.8 Å². The van der Waals surface area contributed by atoms with Gasteiger partial charge < -0.3 is 10.6 Å². The zero-order chi connectivity index (χ0) is 24.0. The van der Waals surface area contributed by atoms with Gasteiger partial charge in [0.25, 0.3) is 11.8 Å². The summed E-state index contributed by atoms with van der Waals surface area (Å²) in [7, 11) is 0. The summed E-state index contributed by atoms with van der Waals surface area (Å²) >= 11 is 0. The summed E-state index contributed by atoms with van der Waals surface area (Å²) in [5.41, 5.74) is 2.07. The van der Waals surface area contributed by atoms with Crippen LogP contribution in [0.2, 0.25) is 0 Å². The van der Waals surface area contributed by atoms with E-state index in [4.69, 9.17) is 0 Å². The van der Waals surface area contributed by atoms with Crippen LogP contribution >= 0.6 is 0 Å². The van der Waals surface area contributed by atoms with E-state index in [-0.39, 0.29) is 29.5 Å². The van der Waals surface area contributed by atoms with Gasteiger partial charge in [0.1, 0.15) is 6.04 Å². The van der Waals surface area contributed by atoms with Gasteiger partial charge in [0.15, 0.2) is 0 Å². The molecule has 2 unspecified atom stereocenters. The number of amides is 4. The number of aromatic nitrogens is 2. The molecule has 3 aliphatic rings. The summed E-state index contributed by atoms with van der Waals surface area (Å²) in [5, 5.41) is 13.6. The number of carbonyl (C=O) groups excluding carboxylic acids is 4. The van der Waals surface area contributed by atoms with Crippen molar-refractivity contribution in [1.82, 2.24) is 25.3 Å². The normalized spacial score (nSPS) is 24.2. The lowest BCUT2D eigenvalue weighted by atomic mass is 9.89. The first kappa shape index (κ1) is 22.3. The lowest BCUT2D eigenvalue weighted by molar-refractivity contribution is -0.136. The van der Waals surface area contributed by atoms with Crippen molar-refractivity contribution in [3.8, 4) is 0 Å². The third kappa shape index (κ3) is 3.98. The highest BCUT2D eigenvalue weighted by molar-refractivity contribution is 6.25. The van der Waals surface area contributed by atoms with E-state index in [1.807, 2.05) is 17.1 Å². The monoisotopic (exact) mass is 464 g/mol. The molecule has 10 heteroatoms. The minimum atomic E-state index is -0.981. The van der Waals surface area contributed by atoms with E-state index in [0.717, 1.165) is 29.8 Å². The number of fused-ring (bicyclic) bond motifs is 1. The molecule has 3 aliphatic heterocycles. The number of imide groups is 2. The van der Waals surface area contributed by atoms with Crippen LogP contribution < -0.4 is 16.0 Å². The Balaban J connectivity index is 1.31. The fraction of sp³-hybridized carbons (Fsp3) is 0.458. The Morgan fingerprint density at radius 1 is 1.15 bits per heavy atom. The van der Waals surface area contributed by atoms with Crippen molar-refractivity contribution >= 4 is 29.3 Å². The number of carbonyl (C=O) groups is 4. The first-order valence-electron chi connectivity index (χ1n) is 11.6. The number of piperidine rings is 2. The van der Waals surface area contributed by atoms with Crippen molar-refractivity contribution in [2.24, 2.45) is 0 Å². The Morgan fingerprint density at radius 3 is 2.74 bits per heavy atom. The van der Waals surface area contributed by atoms with Gasteiger partial charge in [0.2, 0.25) is 11.8 Å². The Bertz CT molecular complexity index is 1190. The van der Waals surface area contributed by atoms with Crippen LogP contribution in [-0.4, -0.2) is 56.4 Å². The van der Waals surface area contributed by atoms with Gasteiger partial charge in [0, 0.05) is 36.0 Å². The van der Waals surface area contributed by atoms with Gasteiger partial charge >= 0.3 is 0 Å². The van der Waals surface area contributed by atoms with Crippen molar-refractivity contribution in [3.05, 3.63) is 47.3 Å². The van der Waals surface area contributed by atoms with Crippen LogP contribution in [0.3, 0.4) is 0 Å². The van der Waals surface area contributed by atoms with Crippen molar-refractivity contribution < 1.29 is 19.2 Å². The molecule has 0 saturated carbocycles. The summed E-state index contributed by atoms with van der Waals surface area (Å²) in [6, 6.07) is 4.39. The van der Waals surface area contributed by atoms with E-state index in [2.05, 4.69) is 34.9 Å². The molecule has 0 bridgehead atoms. The highest BCUT2D eigenvalue weighted by atomic mass is 16.2. The molecule has 4 amide bonds. The molecule has 1 aromatic heterocycles. The molecule has 3 N–H and O–H groups in total. The molecule has 0 radical (unpaired) electrons. The molecule has 2 aromatic rings. The van der Waals surface area contributed by atoms with E-state index >= 15 is 0 Å². The van der Waals surface area contributed by atoms with E-state index in [1.54, 1.807) is 18.2 Å². The molecule has 5 rings (SSSR count). The average molecular weight is 465 g/mol. The molecule has 2 saturated heterocycles. The van der Waals surface area contributed by atoms with Crippen LogP contribution in [0.15, 0.2) is 30.6 Å². The number of benzene rings is 1. The SMILES string of the molecule is CC1(C)CC(n2cc(CNc3cccc4c3C(=O)N(C3CCC(=O)NC3=O)C4=O)cn2)CCN1. The molecule has 0 aliphatic carbocycles. The van der Waals surface area contributed by atoms with Crippen LogP contribution in [0.25, 0.3) is 0 Å². The molecular formula is C24H28N6O4. The quantitative estimate of drug-likeness (QED) is 0.574. The van der Waals surface area contributed by atoms with Gasteiger partial charge in [-0.1, -0.05) is 6.07 Å². The number of rotatable bonds is 5. The Labute approximate surface area is 197 Å². The lowest BCUT2D eigenvalue weighted by Gasteiger charge is -2.36. The summed E-state index contributed by atoms with van der Waals surface area (Å²) in [6.07, 6.45) is 6.05. The maximum atomic E-state index is 13.2. The molecule has 2 fully saturated rings. The second-order valence-corrected chi connectivity index (χ2v) is 9.81. The van der Waals surface area contributed by atoms with Crippen LogP contribution in [0, 0.1) is 0 Å². The summed E-state index contributed by atoms with van der Waals surface area (Å²) in [5.74, 6) is -2.05. The molecule has 0 spiro atoms. The first-order chi connectivity index (χ1) is 16.2. The van der Waals surface area contributed by atoms with Gasteiger partial charge in [-0.2, -0.15) is 5.10 Å². The topological polar surface area (TPSA) is 125 Å². The van der Waals surface area contributed by atoms with E-state index in [1.165, 1.54) is 0 Å². The zero-order valence-corrected chi connectivity index (χ0v) is 19.3. The van der Waals surface area contributed by atoms with Crippen LogP contribution in [0.5, 0.6) is 0 Å². The van der Waals surface area contributed by atoms with Crippen molar-refractivity contribution in [3.63, 3.8) is 0 Å². The van der Waals surface area contributed by atoms with E-state index < -0.39 is 29.7 Å². The lowest BCUT2D eigenvalue weighted by Crippen LogP contribution is -2.54. The maximum absolute atomic E-state index is 13.2. The second kappa shape index (κ2) is 8.35. The van der Waals surface area contributed by atoms with Crippen molar-refractivity contribution in [2.75, 3.05) is 11.9 Å².